The second-order valence-electron chi connectivity index (χ2n) is 6.30. The summed E-state index contributed by atoms with van der Waals surface area (Å²) in [4.78, 5) is 12.2. The van der Waals surface area contributed by atoms with Crippen molar-refractivity contribution in [2.75, 3.05) is 16.6 Å². The Bertz CT molecular complexity index is 1050. The van der Waals surface area contributed by atoms with Gasteiger partial charge in [0.1, 0.15) is 5.75 Å². The summed E-state index contributed by atoms with van der Waals surface area (Å²) in [5, 5.41) is 2.77. The number of carbonyl (C=O) groups is 1. The number of ether oxygens (including phenoxy) is 1. The SMILES string of the molecule is CCOc1ccc(NS(=O)(=O)c2ccc(NC(=O)Cc3ccccc3)cc2)cc1. The van der Waals surface area contributed by atoms with Gasteiger partial charge in [-0.25, -0.2) is 8.42 Å². The number of sulfonamides is 1. The molecule has 0 saturated heterocycles. The highest BCUT2D eigenvalue weighted by atomic mass is 32.2. The molecule has 0 heterocycles. The number of amides is 1. The van der Waals surface area contributed by atoms with Crippen molar-refractivity contribution in [2.24, 2.45) is 0 Å². The van der Waals surface area contributed by atoms with Gasteiger partial charge in [-0.1, -0.05) is 30.3 Å². The average Bonchev–Trinajstić information content (AvgIpc) is 2.70. The zero-order valence-electron chi connectivity index (χ0n) is 16.0. The fourth-order valence-electron chi connectivity index (χ4n) is 2.70. The molecular weight excluding hydrogens is 388 g/mol. The van der Waals surface area contributed by atoms with Crippen LogP contribution in [0.1, 0.15) is 12.5 Å². The van der Waals surface area contributed by atoms with Crippen LogP contribution in [0, 0.1) is 0 Å². The molecule has 6 nitrogen and oxygen atoms in total. The van der Waals surface area contributed by atoms with Gasteiger partial charge in [-0.15, -0.1) is 0 Å². The van der Waals surface area contributed by atoms with E-state index in [2.05, 4.69) is 10.0 Å². The number of benzene rings is 3. The van der Waals surface area contributed by atoms with E-state index in [1.165, 1.54) is 12.1 Å². The Hall–Kier alpha value is -3.32. The molecule has 0 radical (unpaired) electrons. The minimum absolute atomic E-state index is 0.104. The topological polar surface area (TPSA) is 84.5 Å². The van der Waals surface area contributed by atoms with Crippen LogP contribution in [-0.2, 0) is 21.2 Å². The van der Waals surface area contributed by atoms with Gasteiger partial charge in [0, 0.05) is 11.4 Å². The summed E-state index contributed by atoms with van der Waals surface area (Å²) in [5.41, 5.74) is 1.88. The highest BCUT2D eigenvalue weighted by Crippen LogP contribution is 2.21. The molecule has 0 aliphatic rings. The van der Waals surface area contributed by atoms with Crippen LogP contribution >= 0.6 is 0 Å². The van der Waals surface area contributed by atoms with E-state index in [9.17, 15) is 13.2 Å². The Morgan fingerprint density at radius 1 is 0.862 bits per heavy atom. The van der Waals surface area contributed by atoms with Gasteiger partial charge >= 0.3 is 0 Å². The Morgan fingerprint density at radius 2 is 1.48 bits per heavy atom. The first-order chi connectivity index (χ1) is 14.0. The first kappa shape index (κ1) is 20.4. The molecule has 150 valence electrons. The molecule has 0 unspecified atom stereocenters. The van der Waals surface area contributed by atoms with Crippen molar-refractivity contribution in [3.8, 4) is 5.75 Å². The van der Waals surface area contributed by atoms with E-state index in [1.807, 2.05) is 37.3 Å². The largest absolute Gasteiger partial charge is 0.494 e. The van der Waals surface area contributed by atoms with E-state index in [0.717, 1.165) is 5.56 Å². The first-order valence-corrected chi connectivity index (χ1v) is 10.6. The lowest BCUT2D eigenvalue weighted by molar-refractivity contribution is -0.115. The minimum atomic E-state index is -3.74. The third kappa shape index (κ3) is 5.83. The number of hydrogen-bond acceptors (Lipinski definition) is 4. The third-order valence-corrected chi connectivity index (χ3v) is 5.47. The fourth-order valence-corrected chi connectivity index (χ4v) is 3.76. The van der Waals surface area contributed by atoms with Crippen molar-refractivity contribution < 1.29 is 17.9 Å². The maximum absolute atomic E-state index is 12.6. The molecule has 1 amide bonds. The number of nitrogens with one attached hydrogen (secondary N) is 2. The molecule has 0 bridgehead atoms. The molecule has 7 heteroatoms. The van der Waals surface area contributed by atoms with Gasteiger partial charge in [-0.2, -0.15) is 0 Å². The van der Waals surface area contributed by atoms with E-state index >= 15 is 0 Å². The monoisotopic (exact) mass is 410 g/mol. The van der Waals surface area contributed by atoms with E-state index in [0.29, 0.717) is 23.7 Å². The summed E-state index contributed by atoms with van der Waals surface area (Å²) < 4.78 is 33.0. The third-order valence-electron chi connectivity index (χ3n) is 4.07. The summed E-state index contributed by atoms with van der Waals surface area (Å²) in [7, 11) is -3.74. The van der Waals surface area contributed by atoms with Crippen molar-refractivity contribution in [3.63, 3.8) is 0 Å². The predicted molar refractivity (Wildman–Crippen MR) is 114 cm³/mol. The molecule has 3 aromatic rings. The highest BCUT2D eigenvalue weighted by Gasteiger charge is 2.14. The molecular formula is C22H22N2O4S. The van der Waals surface area contributed by atoms with Gasteiger partial charge in [-0.3, -0.25) is 9.52 Å². The first-order valence-electron chi connectivity index (χ1n) is 9.16. The van der Waals surface area contributed by atoms with Crippen molar-refractivity contribution in [1.29, 1.82) is 0 Å². The van der Waals surface area contributed by atoms with E-state index in [1.54, 1.807) is 36.4 Å². The molecule has 3 rings (SSSR count). The molecule has 0 fully saturated rings. The van der Waals surface area contributed by atoms with Crippen LogP contribution in [0.25, 0.3) is 0 Å². The summed E-state index contributed by atoms with van der Waals surface area (Å²) >= 11 is 0. The van der Waals surface area contributed by atoms with Crippen molar-refractivity contribution in [2.45, 2.75) is 18.2 Å². The number of hydrogen-bond donors (Lipinski definition) is 2. The lowest BCUT2D eigenvalue weighted by Crippen LogP contribution is -2.15. The molecule has 0 aliphatic heterocycles. The van der Waals surface area contributed by atoms with Crippen molar-refractivity contribution in [3.05, 3.63) is 84.4 Å². The molecule has 0 spiro atoms. The Kier molecular flexibility index (Phi) is 6.51. The smallest absolute Gasteiger partial charge is 0.261 e. The van der Waals surface area contributed by atoms with Crippen LogP contribution < -0.4 is 14.8 Å². The Morgan fingerprint density at radius 3 is 2.10 bits per heavy atom. The van der Waals surface area contributed by atoms with E-state index in [4.69, 9.17) is 4.74 Å². The molecule has 29 heavy (non-hydrogen) atoms. The van der Waals surface area contributed by atoms with Gasteiger partial charge in [0.05, 0.1) is 17.9 Å². The van der Waals surface area contributed by atoms with Crippen LogP contribution in [0.2, 0.25) is 0 Å². The van der Waals surface area contributed by atoms with Gasteiger partial charge in [0.2, 0.25) is 5.91 Å². The van der Waals surface area contributed by atoms with E-state index < -0.39 is 10.0 Å². The second-order valence-corrected chi connectivity index (χ2v) is 7.98. The van der Waals surface area contributed by atoms with Crippen LogP contribution in [0.5, 0.6) is 5.75 Å². The van der Waals surface area contributed by atoms with Crippen LogP contribution in [0.15, 0.2) is 83.8 Å². The quantitative estimate of drug-likeness (QED) is 0.586. The summed E-state index contributed by atoms with van der Waals surface area (Å²) in [6.07, 6.45) is 0.250. The zero-order chi connectivity index (χ0) is 20.7. The molecule has 0 aromatic heterocycles. The van der Waals surface area contributed by atoms with Crippen molar-refractivity contribution >= 4 is 27.3 Å². The van der Waals surface area contributed by atoms with Gasteiger partial charge in [-0.05, 0) is 61.0 Å². The number of carbonyl (C=O) groups excluding carboxylic acids is 1. The molecule has 2 N–H and O–H groups in total. The predicted octanol–water partition coefficient (Wildman–Crippen LogP) is 4.07. The molecule has 0 saturated carbocycles. The maximum atomic E-state index is 12.6. The summed E-state index contributed by atoms with van der Waals surface area (Å²) in [6.45, 7) is 2.42. The summed E-state index contributed by atoms with van der Waals surface area (Å²) in [5.74, 6) is 0.505. The Labute approximate surface area is 170 Å². The standard InChI is InChI=1S/C22H22N2O4S/c1-2-28-20-12-8-19(9-13-20)24-29(26,27)21-14-10-18(11-15-21)23-22(25)16-17-6-4-3-5-7-17/h3-15,24H,2,16H2,1H3,(H,23,25). The van der Waals surface area contributed by atoms with Gasteiger partial charge in [0.25, 0.3) is 10.0 Å². The van der Waals surface area contributed by atoms with Crippen LogP contribution in [-0.4, -0.2) is 20.9 Å². The normalized spacial score (nSPS) is 10.9. The maximum Gasteiger partial charge on any atom is 0.261 e. The lowest BCUT2D eigenvalue weighted by atomic mass is 10.1. The van der Waals surface area contributed by atoms with E-state index in [-0.39, 0.29) is 17.2 Å². The number of rotatable bonds is 8. The summed E-state index contributed by atoms with van der Waals surface area (Å²) in [6, 6.07) is 22.1. The zero-order valence-corrected chi connectivity index (χ0v) is 16.8. The molecule has 0 atom stereocenters. The lowest BCUT2D eigenvalue weighted by Gasteiger charge is -2.10. The molecule has 3 aromatic carbocycles. The fraction of sp³-hybridized carbons (Fsp3) is 0.136. The van der Waals surface area contributed by atoms with Crippen LogP contribution in [0.3, 0.4) is 0 Å². The average molecular weight is 410 g/mol. The number of anilines is 2. The molecule has 0 aliphatic carbocycles. The second kappa shape index (κ2) is 9.25. The highest BCUT2D eigenvalue weighted by molar-refractivity contribution is 7.92. The van der Waals surface area contributed by atoms with Crippen molar-refractivity contribution in [1.82, 2.24) is 0 Å². The van der Waals surface area contributed by atoms with Gasteiger partial charge < -0.3 is 10.1 Å². The van der Waals surface area contributed by atoms with Crippen LogP contribution in [0.4, 0.5) is 11.4 Å². The van der Waals surface area contributed by atoms with Gasteiger partial charge in [0.15, 0.2) is 0 Å². The Balaban J connectivity index is 1.62. The minimum Gasteiger partial charge on any atom is -0.494 e.